The van der Waals surface area contributed by atoms with Gasteiger partial charge >= 0.3 is 0 Å². The highest BCUT2D eigenvalue weighted by atomic mass is 32.2. The molecule has 2 aromatic rings. The Morgan fingerprint density at radius 2 is 1.85 bits per heavy atom. The largest absolute Gasteiger partial charge is 0.358 e. The van der Waals surface area contributed by atoms with Crippen molar-refractivity contribution >= 4 is 22.8 Å². The first-order chi connectivity index (χ1) is 9.72. The van der Waals surface area contributed by atoms with E-state index < -0.39 is 11.1 Å². The van der Waals surface area contributed by atoms with Crippen molar-refractivity contribution in [1.82, 2.24) is 0 Å². The van der Waals surface area contributed by atoms with Crippen LogP contribution >= 0.6 is 0 Å². The van der Waals surface area contributed by atoms with Crippen LogP contribution < -0.4 is 5.32 Å². The predicted molar refractivity (Wildman–Crippen MR) is 82.7 cm³/mol. The average molecular weight is 285 g/mol. The Kier molecular flexibility index (Phi) is 3.67. The molecule has 0 bridgehead atoms. The third-order valence-electron chi connectivity index (χ3n) is 3.36. The fourth-order valence-corrected chi connectivity index (χ4v) is 2.95. The van der Waals surface area contributed by atoms with E-state index in [1.165, 1.54) is 11.1 Å². The van der Waals surface area contributed by atoms with Crippen LogP contribution in [0.1, 0.15) is 16.7 Å². The zero-order valence-electron chi connectivity index (χ0n) is 10.9. The Hall–Kier alpha value is -1.91. The van der Waals surface area contributed by atoms with Crippen molar-refractivity contribution in [2.75, 3.05) is 5.32 Å². The van der Waals surface area contributed by atoms with Gasteiger partial charge in [0.15, 0.2) is 11.1 Å². The van der Waals surface area contributed by atoms with Gasteiger partial charge in [0.05, 0.1) is 5.75 Å². The van der Waals surface area contributed by atoms with Gasteiger partial charge in [-0.05, 0) is 28.8 Å². The highest BCUT2D eigenvalue weighted by Gasteiger charge is 2.13. The van der Waals surface area contributed by atoms with Crippen molar-refractivity contribution < 1.29 is 8.76 Å². The molecule has 20 heavy (non-hydrogen) atoms. The number of anilines is 1. The molecule has 102 valence electrons. The first-order valence-electron chi connectivity index (χ1n) is 6.43. The maximum absolute atomic E-state index is 11.0. The van der Waals surface area contributed by atoms with Crippen molar-refractivity contribution in [3.63, 3.8) is 0 Å². The van der Waals surface area contributed by atoms with Crippen LogP contribution in [-0.4, -0.2) is 8.76 Å². The fourth-order valence-electron chi connectivity index (χ4n) is 2.43. The van der Waals surface area contributed by atoms with E-state index in [4.69, 9.17) is 4.55 Å². The quantitative estimate of drug-likeness (QED) is 0.846. The lowest BCUT2D eigenvalue weighted by molar-refractivity contribution is 0.563. The van der Waals surface area contributed by atoms with Crippen molar-refractivity contribution in [3.05, 3.63) is 70.9 Å². The number of hydrogen-bond donors (Lipinski definition) is 2. The minimum Gasteiger partial charge on any atom is -0.358 e. The van der Waals surface area contributed by atoms with E-state index in [1.54, 1.807) is 0 Å². The summed E-state index contributed by atoms with van der Waals surface area (Å²) in [6.07, 6.45) is 2.99. The second-order valence-corrected chi connectivity index (χ2v) is 5.72. The van der Waals surface area contributed by atoms with Crippen molar-refractivity contribution in [3.8, 4) is 0 Å². The summed E-state index contributed by atoms with van der Waals surface area (Å²) in [6, 6.07) is 15.9. The molecule has 0 aliphatic heterocycles. The monoisotopic (exact) mass is 285 g/mol. The summed E-state index contributed by atoms with van der Waals surface area (Å²) in [7, 11) is 0. The topological polar surface area (TPSA) is 49.3 Å². The van der Waals surface area contributed by atoms with Crippen LogP contribution in [-0.2, 0) is 23.3 Å². The van der Waals surface area contributed by atoms with Crippen molar-refractivity contribution in [2.24, 2.45) is 0 Å². The molecule has 0 spiro atoms. The van der Waals surface area contributed by atoms with Gasteiger partial charge in [-0.2, -0.15) is 0 Å². The first-order valence-corrected chi connectivity index (χ1v) is 7.71. The second-order valence-electron chi connectivity index (χ2n) is 4.79. The van der Waals surface area contributed by atoms with E-state index in [-0.39, 0.29) is 5.75 Å². The van der Waals surface area contributed by atoms with Crippen LogP contribution in [0.5, 0.6) is 0 Å². The summed E-state index contributed by atoms with van der Waals surface area (Å²) >= 11 is -1.83. The smallest absolute Gasteiger partial charge is 0.157 e. The molecule has 1 unspecified atom stereocenters. The highest BCUT2D eigenvalue weighted by Crippen LogP contribution is 2.27. The van der Waals surface area contributed by atoms with E-state index in [1.807, 2.05) is 36.4 Å². The van der Waals surface area contributed by atoms with Gasteiger partial charge in [0.25, 0.3) is 0 Å². The maximum Gasteiger partial charge on any atom is 0.157 e. The first kappa shape index (κ1) is 13.1. The molecule has 1 aliphatic carbocycles. The van der Waals surface area contributed by atoms with Crippen LogP contribution in [0.25, 0.3) is 6.08 Å². The molecule has 0 fully saturated rings. The Balaban J connectivity index is 1.82. The molecule has 0 saturated carbocycles. The molecule has 0 saturated heterocycles. The fraction of sp³-hybridized carbons (Fsp3) is 0.125. The molecular formula is C16H15NO2S. The van der Waals surface area contributed by atoms with Crippen molar-refractivity contribution in [2.45, 2.75) is 12.2 Å². The molecule has 0 radical (unpaired) electrons. The van der Waals surface area contributed by atoms with Gasteiger partial charge in [-0.15, -0.1) is 0 Å². The summed E-state index contributed by atoms with van der Waals surface area (Å²) in [6.45, 7) is 0. The Morgan fingerprint density at radius 3 is 2.65 bits per heavy atom. The van der Waals surface area contributed by atoms with E-state index in [9.17, 15) is 4.21 Å². The summed E-state index contributed by atoms with van der Waals surface area (Å²) in [5.41, 5.74) is 5.40. The van der Waals surface area contributed by atoms with Gasteiger partial charge in [0.2, 0.25) is 0 Å². The Morgan fingerprint density at radius 1 is 1.10 bits per heavy atom. The molecule has 1 aliphatic rings. The van der Waals surface area contributed by atoms with Crippen LogP contribution in [0.3, 0.4) is 0 Å². The second kappa shape index (κ2) is 5.61. The number of rotatable bonds is 4. The predicted octanol–water partition coefficient (Wildman–Crippen LogP) is 3.42. The third kappa shape index (κ3) is 2.81. The Bertz CT molecular complexity index is 694. The van der Waals surface area contributed by atoms with Gasteiger partial charge in [0, 0.05) is 17.8 Å². The number of nitrogens with one attached hydrogen (secondary N) is 1. The molecule has 1 atom stereocenters. The minimum atomic E-state index is -1.83. The summed E-state index contributed by atoms with van der Waals surface area (Å²) in [5, 5.41) is 3.38. The minimum absolute atomic E-state index is 0.142. The van der Waals surface area contributed by atoms with Gasteiger partial charge in [-0.1, -0.05) is 42.5 Å². The average Bonchev–Trinajstić information content (AvgIpc) is 2.82. The van der Waals surface area contributed by atoms with Crippen LogP contribution in [0, 0.1) is 0 Å². The molecule has 3 rings (SSSR count). The van der Waals surface area contributed by atoms with Gasteiger partial charge in [-0.25, -0.2) is 4.21 Å². The summed E-state index contributed by atoms with van der Waals surface area (Å²) < 4.78 is 20.1. The Labute approximate surface area is 120 Å². The number of fused-ring (bicyclic) bond motifs is 1. The van der Waals surface area contributed by atoms with Gasteiger partial charge < -0.3 is 9.87 Å². The lowest BCUT2D eigenvalue weighted by atomic mass is 10.1. The lowest BCUT2D eigenvalue weighted by Gasteiger charge is -2.11. The number of allylic oxidation sites excluding steroid dienone is 1. The van der Waals surface area contributed by atoms with Crippen LogP contribution in [0.15, 0.2) is 54.2 Å². The van der Waals surface area contributed by atoms with Crippen LogP contribution in [0.2, 0.25) is 0 Å². The standard InChI is InChI=1S/C16H15NO2S/c18-20(19)11-14-7-3-4-8-16(14)17-15-9-12-5-1-2-6-13(12)10-15/h1-9,17H,10-11H2,(H,18,19). The molecule has 2 aromatic carbocycles. The third-order valence-corrected chi connectivity index (χ3v) is 3.92. The molecule has 0 aromatic heterocycles. The van der Waals surface area contributed by atoms with Crippen molar-refractivity contribution in [1.29, 1.82) is 0 Å². The highest BCUT2D eigenvalue weighted by molar-refractivity contribution is 7.78. The molecule has 0 amide bonds. The zero-order chi connectivity index (χ0) is 13.9. The summed E-state index contributed by atoms with van der Waals surface area (Å²) in [5.74, 6) is 0.142. The van der Waals surface area contributed by atoms with E-state index >= 15 is 0 Å². The van der Waals surface area contributed by atoms with Crippen LogP contribution in [0.4, 0.5) is 5.69 Å². The molecule has 0 heterocycles. The van der Waals surface area contributed by atoms with E-state index in [2.05, 4.69) is 23.5 Å². The molecule has 2 N–H and O–H groups in total. The zero-order valence-corrected chi connectivity index (χ0v) is 11.7. The number of benzene rings is 2. The number of hydrogen-bond acceptors (Lipinski definition) is 2. The SMILES string of the molecule is O=S(O)Cc1ccccc1NC1=Cc2ccccc2C1. The lowest BCUT2D eigenvalue weighted by Crippen LogP contribution is -2.03. The molecular weight excluding hydrogens is 270 g/mol. The summed E-state index contributed by atoms with van der Waals surface area (Å²) in [4.78, 5) is 0. The maximum atomic E-state index is 11.0. The van der Waals surface area contributed by atoms with E-state index in [0.717, 1.165) is 23.4 Å². The normalized spacial score (nSPS) is 14.6. The van der Waals surface area contributed by atoms with Gasteiger partial charge in [-0.3, -0.25) is 0 Å². The van der Waals surface area contributed by atoms with Gasteiger partial charge in [0.1, 0.15) is 0 Å². The number of para-hydroxylation sites is 1. The molecule has 4 heteroatoms. The molecule has 3 nitrogen and oxygen atoms in total. The van der Waals surface area contributed by atoms with E-state index in [0.29, 0.717) is 0 Å².